The predicted molar refractivity (Wildman–Crippen MR) is 57.2 cm³/mol. The minimum Gasteiger partial charge on any atom is -0.481 e. The summed E-state index contributed by atoms with van der Waals surface area (Å²) in [5.41, 5.74) is 0.531. The molecule has 0 aliphatic heterocycles. The van der Waals surface area contributed by atoms with Crippen LogP contribution in [0.15, 0.2) is 0 Å². The van der Waals surface area contributed by atoms with Crippen LogP contribution in [0.25, 0.3) is 0 Å². The lowest BCUT2D eigenvalue weighted by Gasteiger charge is -2.34. The van der Waals surface area contributed by atoms with E-state index in [0.29, 0.717) is 11.8 Å². The molecule has 0 aromatic carbocycles. The molecule has 1 fully saturated rings. The average molecular weight is 198 g/mol. The molecule has 1 aliphatic carbocycles. The van der Waals surface area contributed by atoms with Gasteiger partial charge in [-0.2, -0.15) is 0 Å². The zero-order valence-electron chi connectivity index (χ0n) is 9.38. The number of hydrogen-bond donors (Lipinski definition) is 1. The summed E-state index contributed by atoms with van der Waals surface area (Å²) in [7, 11) is 0. The van der Waals surface area contributed by atoms with Gasteiger partial charge in [0.05, 0.1) is 0 Å². The highest BCUT2D eigenvalue weighted by Crippen LogP contribution is 2.39. The second-order valence-corrected chi connectivity index (χ2v) is 5.39. The Kier molecular flexibility index (Phi) is 3.97. The number of carboxylic acid groups (broad SMARTS) is 1. The minimum atomic E-state index is -0.652. The van der Waals surface area contributed by atoms with Gasteiger partial charge in [0.25, 0.3) is 0 Å². The van der Waals surface area contributed by atoms with Crippen LogP contribution in [0.5, 0.6) is 0 Å². The summed E-state index contributed by atoms with van der Waals surface area (Å²) in [5, 5.41) is 8.53. The van der Waals surface area contributed by atoms with Crippen molar-refractivity contribution < 1.29 is 9.90 Å². The summed E-state index contributed by atoms with van der Waals surface area (Å²) < 4.78 is 0. The van der Waals surface area contributed by atoms with Crippen molar-refractivity contribution in [3.63, 3.8) is 0 Å². The van der Waals surface area contributed by atoms with Crippen molar-refractivity contribution >= 4 is 5.97 Å². The maximum atomic E-state index is 10.3. The number of aliphatic carboxylic acids is 1. The van der Waals surface area contributed by atoms with Crippen molar-refractivity contribution in [2.75, 3.05) is 0 Å². The summed E-state index contributed by atoms with van der Waals surface area (Å²) in [6, 6.07) is 0. The van der Waals surface area contributed by atoms with E-state index in [0.717, 1.165) is 18.8 Å². The van der Waals surface area contributed by atoms with Gasteiger partial charge >= 0.3 is 5.97 Å². The highest BCUT2D eigenvalue weighted by molar-refractivity contribution is 5.66. The van der Waals surface area contributed by atoms with Crippen LogP contribution in [-0.2, 0) is 4.79 Å². The molecule has 0 heterocycles. The van der Waals surface area contributed by atoms with Crippen molar-refractivity contribution in [3.8, 4) is 0 Å². The van der Waals surface area contributed by atoms with E-state index in [9.17, 15) is 4.79 Å². The SMILES string of the molecule is CC1(C)CCC(CCCC(=O)O)CC1. The summed E-state index contributed by atoms with van der Waals surface area (Å²) in [6.45, 7) is 4.67. The first-order valence-corrected chi connectivity index (χ1v) is 5.71. The molecule has 2 nitrogen and oxygen atoms in total. The Morgan fingerprint density at radius 3 is 2.43 bits per heavy atom. The molecule has 0 aromatic rings. The normalized spacial score (nSPS) is 22.1. The number of carboxylic acids is 1. The Morgan fingerprint density at radius 2 is 1.93 bits per heavy atom. The molecular formula is C12H22O2. The lowest BCUT2D eigenvalue weighted by molar-refractivity contribution is -0.137. The van der Waals surface area contributed by atoms with E-state index in [1.807, 2.05) is 0 Å². The number of hydrogen-bond acceptors (Lipinski definition) is 1. The van der Waals surface area contributed by atoms with Crippen LogP contribution >= 0.6 is 0 Å². The molecule has 1 N–H and O–H groups in total. The van der Waals surface area contributed by atoms with Crippen molar-refractivity contribution in [3.05, 3.63) is 0 Å². The third-order valence-electron chi connectivity index (χ3n) is 3.46. The fourth-order valence-electron chi connectivity index (χ4n) is 2.29. The maximum absolute atomic E-state index is 10.3. The van der Waals surface area contributed by atoms with Gasteiger partial charge in [0, 0.05) is 6.42 Å². The van der Waals surface area contributed by atoms with E-state index in [1.54, 1.807) is 0 Å². The lowest BCUT2D eigenvalue weighted by atomic mass is 9.72. The second-order valence-electron chi connectivity index (χ2n) is 5.39. The molecule has 0 radical (unpaired) electrons. The number of carbonyl (C=O) groups is 1. The van der Waals surface area contributed by atoms with Gasteiger partial charge in [-0.1, -0.05) is 13.8 Å². The highest BCUT2D eigenvalue weighted by atomic mass is 16.4. The predicted octanol–water partition coefficient (Wildman–Crippen LogP) is 3.46. The Bertz CT molecular complexity index is 186. The maximum Gasteiger partial charge on any atom is 0.303 e. The van der Waals surface area contributed by atoms with Gasteiger partial charge in [0.2, 0.25) is 0 Å². The van der Waals surface area contributed by atoms with Crippen LogP contribution < -0.4 is 0 Å². The highest BCUT2D eigenvalue weighted by Gasteiger charge is 2.26. The van der Waals surface area contributed by atoms with Gasteiger partial charge < -0.3 is 5.11 Å². The van der Waals surface area contributed by atoms with Gasteiger partial charge in [0.15, 0.2) is 0 Å². The quantitative estimate of drug-likeness (QED) is 0.751. The minimum absolute atomic E-state index is 0.347. The molecule has 0 amide bonds. The van der Waals surface area contributed by atoms with Gasteiger partial charge in [-0.05, 0) is 49.9 Å². The molecule has 0 unspecified atom stereocenters. The largest absolute Gasteiger partial charge is 0.481 e. The van der Waals surface area contributed by atoms with E-state index in [-0.39, 0.29) is 0 Å². The molecule has 0 bridgehead atoms. The van der Waals surface area contributed by atoms with Crippen LogP contribution in [0.2, 0.25) is 0 Å². The topological polar surface area (TPSA) is 37.3 Å². The van der Waals surface area contributed by atoms with E-state index in [2.05, 4.69) is 13.8 Å². The van der Waals surface area contributed by atoms with Crippen LogP contribution in [0.3, 0.4) is 0 Å². The third-order valence-corrected chi connectivity index (χ3v) is 3.46. The summed E-state index contributed by atoms with van der Waals surface area (Å²) in [6.07, 6.45) is 7.54. The molecule has 2 heteroatoms. The van der Waals surface area contributed by atoms with E-state index >= 15 is 0 Å². The zero-order valence-corrected chi connectivity index (χ0v) is 9.38. The van der Waals surface area contributed by atoms with Crippen molar-refractivity contribution in [2.24, 2.45) is 11.3 Å². The summed E-state index contributed by atoms with van der Waals surface area (Å²) in [4.78, 5) is 10.3. The first-order valence-electron chi connectivity index (χ1n) is 5.71. The number of rotatable bonds is 4. The van der Waals surface area contributed by atoms with E-state index < -0.39 is 5.97 Å². The van der Waals surface area contributed by atoms with Crippen molar-refractivity contribution in [1.82, 2.24) is 0 Å². The Labute approximate surface area is 86.7 Å². The lowest BCUT2D eigenvalue weighted by Crippen LogP contribution is -2.21. The Morgan fingerprint density at radius 1 is 1.36 bits per heavy atom. The van der Waals surface area contributed by atoms with Crippen LogP contribution in [0, 0.1) is 11.3 Å². The molecule has 1 rings (SSSR count). The summed E-state index contributed by atoms with van der Waals surface area (Å²) >= 11 is 0. The Balaban J connectivity index is 2.13. The molecule has 14 heavy (non-hydrogen) atoms. The zero-order chi connectivity index (χ0) is 10.6. The molecular weight excluding hydrogens is 176 g/mol. The molecule has 0 saturated heterocycles. The van der Waals surface area contributed by atoms with Crippen LogP contribution in [0.4, 0.5) is 0 Å². The third kappa shape index (κ3) is 4.12. The van der Waals surface area contributed by atoms with Crippen LogP contribution in [-0.4, -0.2) is 11.1 Å². The van der Waals surface area contributed by atoms with Gasteiger partial charge in [0.1, 0.15) is 0 Å². The molecule has 0 aromatic heterocycles. The van der Waals surface area contributed by atoms with E-state index in [4.69, 9.17) is 5.11 Å². The smallest absolute Gasteiger partial charge is 0.303 e. The van der Waals surface area contributed by atoms with Crippen molar-refractivity contribution in [1.29, 1.82) is 0 Å². The van der Waals surface area contributed by atoms with Gasteiger partial charge in [-0.15, -0.1) is 0 Å². The molecule has 0 atom stereocenters. The van der Waals surface area contributed by atoms with Gasteiger partial charge in [-0.3, -0.25) is 4.79 Å². The van der Waals surface area contributed by atoms with E-state index in [1.165, 1.54) is 25.7 Å². The Hall–Kier alpha value is -0.530. The summed E-state index contributed by atoms with van der Waals surface area (Å²) in [5.74, 6) is 0.142. The monoisotopic (exact) mass is 198 g/mol. The molecule has 0 spiro atoms. The van der Waals surface area contributed by atoms with Crippen molar-refractivity contribution in [2.45, 2.75) is 58.8 Å². The standard InChI is InChI=1S/C12H22O2/c1-12(2)8-6-10(7-9-12)4-3-5-11(13)14/h10H,3-9H2,1-2H3,(H,13,14). The first-order chi connectivity index (χ1) is 6.49. The fourth-order valence-corrected chi connectivity index (χ4v) is 2.29. The molecule has 1 saturated carbocycles. The fraction of sp³-hybridized carbons (Fsp3) is 0.917. The van der Waals surface area contributed by atoms with Gasteiger partial charge in [-0.25, -0.2) is 0 Å². The molecule has 1 aliphatic rings. The molecule has 82 valence electrons. The first kappa shape index (κ1) is 11.5. The second kappa shape index (κ2) is 4.81. The van der Waals surface area contributed by atoms with Crippen LogP contribution in [0.1, 0.15) is 58.8 Å². The average Bonchev–Trinajstić information content (AvgIpc) is 2.07.